The summed E-state index contributed by atoms with van der Waals surface area (Å²) in [5, 5.41) is 7.66. The Hall–Kier alpha value is -0.340. The average molecular weight is 203 g/mol. The van der Waals surface area contributed by atoms with E-state index in [1.54, 1.807) is 0 Å². The third-order valence-corrected chi connectivity index (χ3v) is 3.34. The zero-order chi connectivity index (χ0) is 9.68. The normalized spacial score (nSPS) is 21.6. The molecule has 0 saturated carbocycles. The second-order valence-electron chi connectivity index (χ2n) is 2.94. The minimum Gasteiger partial charge on any atom is -0.322 e. The average Bonchev–Trinajstić information content (AvgIpc) is 2.45. The van der Waals surface area contributed by atoms with Gasteiger partial charge >= 0.3 is 0 Å². The van der Waals surface area contributed by atoms with E-state index in [2.05, 4.69) is 17.1 Å². The molecule has 1 heterocycles. The van der Waals surface area contributed by atoms with Gasteiger partial charge in [0.05, 0.1) is 6.61 Å². The van der Waals surface area contributed by atoms with Gasteiger partial charge in [0.1, 0.15) is 5.84 Å². The van der Waals surface area contributed by atoms with Crippen LogP contribution in [0.25, 0.3) is 0 Å². The highest BCUT2D eigenvalue weighted by Gasteiger charge is 2.23. The molecule has 0 radical (unpaired) electrons. The van der Waals surface area contributed by atoms with E-state index in [1.807, 2.05) is 18.8 Å². The van der Waals surface area contributed by atoms with Crippen molar-refractivity contribution in [1.29, 1.82) is 0 Å². The van der Waals surface area contributed by atoms with E-state index in [-0.39, 0.29) is 0 Å². The molecule has 76 valence electrons. The van der Waals surface area contributed by atoms with E-state index < -0.39 is 8.45 Å². The summed E-state index contributed by atoms with van der Waals surface area (Å²) in [4.78, 5) is 0. The van der Waals surface area contributed by atoms with Crippen molar-refractivity contribution in [3.05, 3.63) is 0 Å². The Kier molecular flexibility index (Phi) is 4.46. The third kappa shape index (κ3) is 3.12. The molecule has 1 atom stereocenters. The van der Waals surface area contributed by atoms with Gasteiger partial charge in [0.2, 0.25) is 0 Å². The molecule has 1 unspecified atom stereocenters. The van der Waals surface area contributed by atoms with Crippen molar-refractivity contribution in [1.82, 2.24) is 9.87 Å². The second-order valence-corrected chi connectivity index (χ2v) is 4.55. The summed E-state index contributed by atoms with van der Waals surface area (Å²) in [5.41, 5.74) is 0. The van der Waals surface area contributed by atoms with Gasteiger partial charge in [-0.2, -0.15) is 5.10 Å². The molecular formula is C8H18N3OP. The number of rotatable bonds is 5. The molecule has 0 amide bonds. The lowest BCUT2D eigenvalue weighted by molar-refractivity contribution is 0.343. The summed E-state index contributed by atoms with van der Waals surface area (Å²) in [6.07, 6.45) is 3.43. The third-order valence-electron chi connectivity index (χ3n) is 1.77. The van der Waals surface area contributed by atoms with Crippen molar-refractivity contribution in [2.75, 3.05) is 13.7 Å². The molecule has 0 aromatic carbocycles. The summed E-state index contributed by atoms with van der Waals surface area (Å²) in [6, 6.07) is 0. The topological polar surface area (TPSA) is 36.9 Å². The highest BCUT2D eigenvalue weighted by Crippen LogP contribution is 2.39. The predicted molar refractivity (Wildman–Crippen MR) is 56.4 cm³/mol. The van der Waals surface area contributed by atoms with Crippen LogP contribution in [-0.2, 0) is 4.52 Å². The van der Waals surface area contributed by atoms with Crippen LogP contribution in [0.3, 0.4) is 0 Å². The van der Waals surface area contributed by atoms with Crippen LogP contribution < -0.4 is 5.09 Å². The SMILES string of the molecule is CCCCC1=NN(C)P(OCC)N1. The largest absolute Gasteiger partial charge is 0.322 e. The molecular weight excluding hydrogens is 185 g/mol. The van der Waals surface area contributed by atoms with E-state index in [4.69, 9.17) is 4.52 Å². The van der Waals surface area contributed by atoms with Gasteiger partial charge in [0, 0.05) is 13.5 Å². The lowest BCUT2D eigenvalue weighted by Gasteiger charge is -2.15. The van der Waals surface area contributed by atoms with Crippen LogP contribution in [0.15, 0.2) is 5.10 Å². The van der Waals surface area contributed by atoms with Crippen LogP contribution in [0.2, 0.25) is 0 Å². The lowest BCUT2D eigenvalue weighted by atomic mass is 10.2. The molecule has 0 aromatic heterocycles. The van der Waals surface area contributed by atoms with Gasteiger partial charge in [-0.1, -0.05) is 13.3 Å². The highest BCUT2D eigenvalue weighted by molar-refractivity contribution is 7.49. The van der Waals surface area contributed by atoms with E-state index in [0.29, 0.717) is 0 Å². The Labute approximate surface area is 81.3 Å². The first-order valence-corrected chi connectivity index (χ1v) is 6.00. The highest BCUT2D eigenvalue weighted by atomic mass is 31.2. The van der Waals surface area contributed by atoms with Crippen LogP contribution in [0.4, 0.5) is 0 Å². The number of hydrogen-bond donors (Lipinski definition) is 1. The van der Waals surface area contributed by atoms with Gasteiger partial charge in [-0.25, -0.2) is 4.78 Å². The number of nitrogens with one attached hydrogen (secondary N) is 1. The minimum absolute atomic E-state index is 0.683. The van der Waals surface area contributed by atoms with Crippen molar-refractivity contribution in [2.45, 2.75) is 33.1 Å². The zero-order valence-corrected chi connectivity index (χ0v) is 9.47. The van der Waals surface area contributed by atoms with Gasteiger partial charge in [-0.3, -0.25) is 0 Å². The first kappa shape index (κ1) is 10.7. The fourth-order valence-electron chi connectivity index (χ4n) is 1.11. The maximum Gasteiger partial charge on any atom is 0.263 e. The number of amidine groups is 1. The van der Waals surface area contributed by atoms with Gasteiger partial charge in [0.25, 0.3) is 8.45 Å². The molecule has 1 rings (SSSR count). The molecule has 0 fully saturated rings. The molecule has 0 spiro atoms. The Morgan fingerprint density at radius 3 is 2.92 bits per heavy atom. The Morgan fingerprint density at radius 2 is 2.31 bits per heavy atom. The molecule has 0 saturated heterocycles. The first-order chi connectivity index (χ1) is 6.27. The van der Waals surface area contributed by atoms with Gasteiger partial charge in [-0.05, 0) is 13.3 Å². The molecule has 0 aliphatic carbocycles. The van der Waals surface area contributed by atoms with E-state index >= 15 is 0 Å². The van der Waals surface area contributed by atoms with Gasteiger partial charge in [-0.15, -0.1) is 0 Å². The van der Waals surface area contributed by atoms with E-state index in [9.17, 15) is 0 Å². The summed E-state index contributed by atoms with van der Waals surface area (Å²) in [5.74, 6) is 1.07. The van der Waals surface area contributed by atoms with Crippen LogP contribution in [0.1, 0.15) is 33.1 Å². The van der Waals surface area contributed by atoms with Crippen LogP contribution in [0.5, 0.6) is 0 Å². The molecule has 0 aromatic rings. The molecule has 0 bridgehead atoms. The van der Waals surface area contributed by atoms with Crippen molar-refractivity contribution < 1.29 is 4.52 Å². The number of unbranched alkanes of at least 4 members (excludes halogenated alkanes) is 1. The van der Waals surface area contributed by atoms with E-state index in [1.165, 1.54) is 12.8 Å². The Morgan fingerprint density at radius 1 is 1.54 bits per heavy atom. The smallest absolute Gasteiger partial charge is 0.263 e. The monoisotopic (exact) mass is 203 g/mol. The van der Waals surface area contributed by atoms with Gasteiger partial charge in [0.15, 0.2) is 0 Å². The number of hydrazone groups is 1. The van der Waals surface area contributed by atoms with Crippen molar-refractivity contribution in [2.24, 2.45) is 5.10 Å². The Bertz CT molecular complexity index is 186. The molecule has 1 N–H and O–H groups in total. The van der Waals surface area contributed by atoms with Crippen LogP contribution in [0, 0.1) is 0 Å². The van der Waals surface area contributed by atoms with Crippen LogP contribution in [-0.4, -0.2) is 24.3 Å². The maximum atomic E-state index is 5.49. The molecule has 5 heteroatoms. The fraction of sp³-hybridized carbons (Fsp3) is 0.875. The van der Waals surface area contributed by atoms with Crippen molar-refractivity contribution in [3.63, 3.8) is 0 Å². The summed E-state index contributed by atoms with van der Waals surface area (Å²) >= 11 is 0. The van der Waals surface area contributed by atoms with Gasteiger partial charge < -0.3 is 9.61 Å². The summed E-state index contributed by atoms with van der Waals surface area (Å²) < 4.78 is 7.38. The minimum atomic E-state index is -0.683. The standard InChI is InChI=1S/C8H18N3OP/c1-4-6-7-8-9-11(3)13(10-8)12-5-2/h4-7H2,1-3H3,(H,9,10). The Balaban J connectivity index is 2.31. The molecule has 1 aliphatic rings. The van der Waals surface area contributed by atoms with Crippen molar-refractivity contribution >= 4 is 14.3 Å². The molecule has 1 aliphatic heterocycles. The predicted octanol–water partition coefficient (Wildman–Crippen LogP) is 2.29. The van der Waals surface area contributed by atoms with Crippen LogP contribution >= 0.6 is 8.45 Å². The molecule has 4 nitrogen and oxygen atoms in total. The van der Waals surface area contributed by atoms with Crippen molar-refractivity contribution in [3.8, 4) is 0 Å². The maximum absolute atomic E-state index is 5.49. The number of hydrogen-bond acceptors (Lipinski definition) is 4. The second kappa shape index (κ2) is 5.40. The summed E-state index contributed by atoms with van der Waals surface area (Å²) in [7, 11) is 1.27. The van der Waals surface area contributed by atoms with E-state index in [0.717, 1.165) is 18.9 Å². The first-order valence-electron chi connectivity index (χ1n) is 4.78. The quantitative estimate of drug-likeness (QED) is 0.696. The number of nitrogens with zero attached hydrogens (tertiary/aromatic N) is 2. The molecule has 13 heavy (non-hydrogen) atoms. The zero-order valence-electron chi connectivity index (χ0n) is 8.58. The summed E-state index contributed by atoms with van der Waals surface area (Å²) in [6.45, 7) is 4.92. The fourth-order valence-corrected chi connectivity index (χ4v) is 2.30. The lowest BCUT2D eigenvalue weighted by Crippen LogP contribution is -2.14.